The lowest BCUT2D eigenvalue weighted by atomic mass is 10.1. The van der Waals surface area contributed by atoms with E-state index in [-0.39, 0.29) is 6.61 Å². The zero-order valence-corrected chi connectivity index (χ0v) is 12.9. The number of aromatic nitrogens is 1. The van der Waals surface area contributed by atoms with E-state index in [9.17, 15) is 23.2 Å². The summed E-state index contributed by atoms with van der Waals surface area (Å²) in [5, 5.41) is 12.1. The number of benzene rings is 1. The average molecular weight is 337 g/mol. The van der Waals surface area contributed by atoms with E-state index in [1.54, 1.807) is 37.4 Å². The lowest BCUT2D eigenvalue weighted by Crippen LogP contribution is -2.14. The van der Waals surface area contributed by atoms with Crippen molar-refractivity contribution in [2.24, 2.45) is 0 Å². The van der Waals surface area contributed by atoms with Crippen LogP contribution in [0.3, 0.4) is 0 Å². The molecule has 0 atom stereocenters. The number of hydrogen-bond donors (Lipinski definition) is 1. The molecule has 126 valence electrons. The second-order valence-electron chi connectivity index (χ2n) is 4.73. The highest BCUT2D eigenvalue weighted by Crippen LogP contribution is 2.38. The molecule has 0 amide bonds. The third-order valence-corrected chi connectivity index (χ3v) is 3.32. The van der Waals surface area contributed by atoms with E-state index in [0.29, 0.717) is 11.4 Å². The molecule has 1 aromatic carbocycles. The van der Waals surface area contributed by atoms with Crippen LogP contribution in [-0.2, 0) is 10.9 Å². The van der Waals surface area contributed by atoms with Crippen LogP contribution in [-0.4, -0.2) is 24.2 Å². The van der Waals surface area contributed by atoms with Crippen LogP contribution < -0.4 is 5.32 Å². The molecule has 0 aliphatic rings. The first-order chi connectivity index (χ1) is 11.3. The van der Waals surface area contributed by atoms with E-state index in [4.69, 9.17) is 4.74 Å². The first-order valence-electron chi connectivity index (χ1n) is 7.02. The smallest absolute Gasteiger partial charge is 0.420 e. The summed E-state index contributed by atoms with van der Waals surface area (Å²) in [4.78, 5) is 11.9. The van der Waals surface area contributed by atoms with E-state index in [0.717, 1.165) is 10.8 Å². The van der Waals surface area contributed by atoms with Crippen molar-refractivity contribution in [2.45, 2.75) is 13.1 Å². The van der Waals surface area contributed by atoms with Crippen LogP contribution in [0.4, 0.5) is 18.9 Å². The Bertz CT molecular complexity index is 804. The van der Waals surface area contributed by atoms with Crippen molar-refractivity contribution in [3.05, 3.63) is 47.3 Å². The van der Waals surface area contributed by atoms with Gasteiger partial charge in [-0.25, -0.2) is 4.79 Å². The maximum atomic E-state index is 13.4. The largest absolute Gasteiger partial charge is 0.462 e. The van der Waals surface area contributed by atoms with Gasteiger partial charge in [-0.05, 0) is 19.1 Å². The number of halogens is 3. The molecule has 1 aromatic heterocycles. The molecule has 1 heterocycles. The van der Waals surface area contributed by atoms with Crippen LogP contribution in [0.5, 0.6) is 0 Å². The maximum absolute atomic E-state index is 13.4. The molecule has 0 radical (unpaired) electrons. The summed E-state index contributed by atoms with van der Waals surface area (Å²) in [7, 11) is 1.60. The molecule has 0 unspecified atom stereocenters. The number of carbonyl (C=O) groups is 1. The van der Waals surface area contributed by atoms with Crippen molar-refractivity contribution in [2.75, 3.05) is 19.0 Å². The molecule has 1 N–H and O–H groups in total. The molecule has 0 bridgehead atoms. The van der Waals surface area contributed by atoms with Gasteiger partial charge in [0.25, 0.3) is 0 Å². The summed E-state index contributed by atoms with van der Waals surface area (Å²) in [6.07, 6.45) is -3.89. The quantitative estimate of drug-likeness (QED) is 0.866. The number of hydrogen-bond acceptors (Lipinski definition) is 4. The zero-order valence-electron chi connectivity index (χ0n) is 12.9. The molecule has 8 heteroatoms. The molecule has 0 aliphatic carbocycles. The van der Waals surface area contributed by atoms with Crippen LogP contribution in [0, 0.1) is 11.3 Å². The van der Waals surface area contributed by atoms with Gasteiger partial charge >= 0.3 is 12.1 Å². The van der Waals surface area contributed by atoms with Gasteiger partial charge in [-0.15, -0.1) is 0 Å². The Morgan fingerprint density at radius 3 is 2.58 bits per heavy atom. The Balaban J connectivity index is 2.79. The number of carbonyl (C=O) groups excluding carboxylic acids is 1. The lowest BCUT2D eigenvalue weighted by Gasteiger charge is -2.12. The molecular formula is C16H14F3N3O2. The number of anilines is 1. The predicted octanol–water partition coefficient (Wildman–Crippen LogP) is 3.59. The average Bonchev–Trinajstić information content (AvgIpc) is 2.94. The monoisotopic (exact) mass is 337 g/mol. The van der Waals surface area contributed by atoms with Crippen molar-refractivity contribution in [1.29, 1.82) is 5.26 Å². The van der Waals surface area contributed by atoms with Gasteiger partial charge in [0.05, 0.1) is 23.5 Å². The Morgan fingerprint density at radius 1 is 1.38 bits per heavy atom. The third-order valence-electron chi connectivity index (χ3n) is 3.32. The molecular weight excluding hydrogens is 323 g/mol. The van der Waals surface area contributed by atoms with Gasteiger partial charge in [0.2, 0.25) is 0 Å². The lowest BCUT2D eigenvalue weighted by molar-refractivity contribution is -0.138. The number of alkyl halides is 3. The van der Waals surface area contributed by atoms with Crippen molar-refractivity contribution < 1.29 is 22.7 Å². The molecule has 0 fully saturated rings. The number of rotatable bonds is 4. The molecule has 0 aliphatic heterocycles. The fourth-order valence-electron chi connectivity index (χ4n) is 2.35. The predicted molar refractivity (Wildman–Crippen MR) is 81.0 cm³/mol. The Kier molecular flexibility index (Phi) is 4.83. The van der Waals surface area contributed by atoms with Crippen LogP contribution in [0.25, 0.3) is 5.69 Å². The van der Waals surface area contributed by atoms with Crippen LogP contribution in [0.2, 0.25) is 0 Å². The van der Waals surface area contributed by atoms with E-state index in [2.05, 4.69) is 5.32 Å². The third kappa shape index (κ3) is 3.06. The van der Waals surface area contributed by atoms with Gasteiger partial charge < -0.3 is 14.6 Å². The van der Waals surface area contributed by atoms with Crippen molar-refractivity contribution in [3.63, 3.8) is 0 Å². The second-order valence-corrected chi connectivity index (χ2v) is 4.73. The van der Waals surface area contributed by atoms with Gasteiger partial charge in [0.15, 0.2) is 0 Å². The van der Waals surface area contributed by atoms with E-state index >= 15 is 0 Å². The molecule has 2 aromatic rings. The highest BCUT2D eigenvalue weighted by Gasteiger charge is 2.41. The summed E-state index contributed by atoms with van der Waals surface area (Å²) in [5.74, 6) is -1.12. The molecule has 24 heavy (non-hydrogen) atoms. The molecule has 0 spiro atoms. The number of nitrogens with zero attached hydrogens (tertiary/aromatic N) is 2. The minimum absolute atomic E-state index is 0.0731. The van der Waals surface area contributed by atoms with Crippen molar-refractivity contribution in [1.82, 2.24) is 4.57 Å². The molecule has 5 nitrogen and oxygen atoms in total. The first-order valence-corrected chi connectivity index (χ1v) is 7.02. The Labute approximate surface area is 136 Å². The SMILES string of the molecule is CCOC(=O)c1cn(-c2ccccc2NC)c(C#N)c1C(F)(F)F. The van der Waals surface area contributed by atoms with Gasteiger partial charge in [0, 0.05) is 13.2 Å². The molecule has 2 rings (SSSR count). The Hall–Kier alpha value is -2.95. The first kappa shape index (κ1) is 17.4. The topological polar surface area (TPSA) is 67.0 Å². The fraction of sp³-hybridized carbons (Fsp3) is 0.250. The normalized spacial score (nSPS) is 11.0. The van der Waals surface area contributed by atoms with E-state index in [1.807, 2.05) is 0 Å². The molecule has 0 saturated heterocycles. The van der Waals surface area contributed by atoms with Crippen LogP contribution in [0.1, 0.15) is 28.5 Å². The minimum Gasteiger partial charge on any atom is -0.462 e. The molecule has 0 saturated carbocycles. The van der Waals surface area contributed by atoms with Crippen LogP contribution >= 0.6 is 0 Å². The number of nitriles is 1. The van der Waals surface area contributed by atoms with Gasteiger partial charge in [-0.1, -0.05) is 12.1 Å². The number of nitrogens with one attached hydrogen (secondary N) is 1. The fourth-order valence-corrected chi connectivity index (χ4v) is 2.35. The number of para-hydroxylation sites is 2. The summed E-state index contributed by atoms with van der Waals surface area (Å²) in [6.45, 7) is 1.42. The van der Waals surface area contributed by atoms with Gasteiger partial charge in [-0.2, -0.15) is 18.4 Å². The van der Waals surface area contributed by atoms with Gasteiger partial charge in [0.1, 0.15) is 17.3 Å². The summed E-state index contributed by atoms with van der Waals surface area (Å²) in [5.41, 5.74) is -1.83. The summed E-state index contributed by atoms with van der Waals surface area (Å²) < 4.78 is 46.0. The maximum Gasteiger partial charge on any atom is 0.420 e. The van der Waals surface area contributed by atoms with Crippen LogP contribution in [0.15, 0.2) is 30.5 Å². The second kappa shape index (κ2) is 6.66. The zero-order chi connectivity index (χ0) is 17.9. The Morgan fingerprint density at radius 2 is 2.04 bits per heavy atom. The summed E-state index contributed by atoms with van der Waals surface area (Å²) in [6, 6.07) is 8.05. The van der Waals surface area contributed by atoms with Gasteiger partial charge in [-0.3, -0.25) is 0 Å². The van der Waals surface area contributed by atoms with E-state index < -0.39 is 29.0 Å². The van der Waals surface area contributed by atoms with E-state index in [1.165, 1.54) is 6.92 Å². The number of ether oxygens (including phenoxy) is 1. The highest BCUT2D eigenvalue weighted by molar-refractivity contribution is 5.92. The number of esters is 1. The summed E-state index contributed by atoms with van der Waals surface area (Å²) >= 11 is 0. The minimum atomic E-state index is -4.87. The van der Waals surface area contributed by atoms with Crippen molar-refractivity contribution in [3.8, 4) is 11.8 Å². The standard InChI is InChI=1S/C16H14F3N3O2/c1-3-24-15(23)10-9-22(12-7-5-4-6-11(12)21-2)13(8-20)14(10)16(17,18)19/h4-7,9,21H,3H2,1-2H3. The highest BCUT2D eigenvalue weighted by atomic mass is 19.4. The van der Waals surface area contributed by atoms with Crippen molar-refractivity contribution >= 4 is 11.7 Å².